The lowest BCUT2D eigenvalue weighted by atomic mass is 10.0. The molecule has 0 unspecified atom stereocenters. The van der Waals surface area contributed by atoms with Crippen molar-refractivity contribution < 1.29 is 9.13 Å². The van der Waals surface area contributed by atoms with E-state index in [1.165, 1.54) is 25.0 Å². The van der Waals surface area contributed by atoms with Crippen LogP contribution in [0, 0.1) is 5.82 Å². The molecule has 0 radical (unpaired) electrons. The van der Waals surface area contributed by atoms with E-state index in [-0.39, 0.29) is 5.82 Å². The summed E-state index contributed by atoms with van der Waals surface area (Å²) in [5, 5.41) is 8.49. The molecule has 0 saturated carbocycles. The maximum Gasteiger partial charge on any atom is 0.159 e. The molecule has 0 amide bonds. The van der Waals surface area contributed by atoms with Crippen LogP contribution in [0.3, 0.4) is 0 Å². The number of pyridine rings is 2. The first kappa shape index (κ1) is 23.5. The highest BCUT2D eigenvalue weighted by Crippen LogP contribution is 2.34. The number of rotatable bonds is 7. The number of benzene rings is 2. The van der Waals surface area contributed by atoms with E-state index in [1.807, 2.05) is 42.5 Å². The van der Waals surface area contributed by atoms with E-state index in [4.69, 9.17) is 9.72 Å². The van der Waals surface area contributed by atoms with E-state index in [0.29, 0.717) is 29.4 Å². The van der Waals surface area contributed by atoms with Crippen LogP contribution in [0.4, 0.5) is 4.39 Å². The number of likely N-dealkylation sites (tertiary alicyclic amines) is 1. The molecular formula is C30H26FN7O. The summed E-state index contributed by atoms with van der Waals surface area (Å²) in [6.07, 6.45) is 7.73. The van der Waals surface area contributed by atoms with Crippen LogP contribution >= 0.6 is 0 Å². The smallest absolute Gasteiger partial charge is 0.159 e. The Hall–Kier alpha value is -4.63. The molecular weight excluding hydrogens is 493 g/mol. The number of hydrogen-bond acceptors (Lipinski definition) is 6. The van der Waals surface area contributed by atoms with Gasteiger partial charge in [0.2, 0.25) is 0 Å². The number of halogens is 1. The van der Waals surface area contributed by atoms with Crippen molar-refractivity contribution in [2.45, 2.75) is 12.8 Å². The zero-order valence-electron chi connectivity index (χ0n) is 21.2. The van der Waals surface area contributed by atoms with Gasteiger partial charge >= 0.3 is 0 Å². The second-order valence-corrected chi connectivity index (χ2v) is 9.78. The number of H-pyrrole nitrogens is 2. The standard InChI is InChI=1S/C30H26FN7O/c31-21-14-20(15-22(16-21)39-13-12-38-10-1-2-11-38)23-4-3-5-25-28(23)35-30(34-25)29-24-17-26(19-6-8-32-9-7-19)33-18-27(24)36-37-29/h3-9,14-18H,1-2,10-13H2,(H,34,35)(H,36,37). The fourth-order valence-corrected chi connectivity index (χ4v) is 5.26. The minimum atomic E-state index is -0.342. The Morgan fingerprint density at radius 3 is 2.69 bits per heavy atom. The molecule has 39 heavy (non-hydrogen) atoms. The van der Waals surface area contributed by atoms with Crippen LogP contribution in [0.25, 0.3) is 55.8 Å². The molecule has 5 heterocycles. The summed E-state index contributed by atoms with van der Waals surface area (Å²) in [7, 11) is 0. The Kier molecular flexibility index (Phi) is 5.97. The zero-order valence-corrected chi connectivity index (χ0v) is 21.2. The summed E-state index contributed by atoms with van der Waals surface area (Å²) in [6, 6.07) is 16.5. The maximum atomic E-state index is 14.7. The number of aromatic nitrogens is 6. The van der Waals surface area contributed by atoms with Crippen molar-refractivity contribution in [1.82, 2.24) is 35.0 Å². The van der Waals surface area contributed by atoms with E-state index in [0.717, 1.165) is 58.4 Å². The molecule has 0 bridgehead atoms. The normalized spacial score (nSPS) is 14.0. The number of para-hydroxylation sites is 1. The van der Waals surface area contributed by atoms with Crippen LogP contribution in [0.2, 0.25) is 0 Å². The molecule has 0 atom stereocenters. The van der Waals surface area contributed by atoms with Gasteiger partial charge in [0.25, 0.3) is 0 Å². The van der Waals surface area contributed by atoms with Gasteiger partial charge in [0.1, 0.15) is 23.9 Å². The van der Waals surface area contributed by atoms with E-state index in [9.17, 15) is 4.39 Å². The lowest BCUT2D eigenvalue weighted by Gasteiger charge is -2.15. The Morgan fingerprint density at radius 2 is 1.82 bits per heavy atom. The summed E-state index contributed by atoms with van der Waals surface area (Å²) >= 11 is 0. The number of hydrogen-bond donors (Lipinski definition) is 2. The summed E-state index contributed by atoms with van der Waals surface area (Å²) in [4.78, 5) is 19.3. The summed E-state index contributed by atoms with van der Waals surface area (Å²) in [5.74, 6) is 0.798. The van der Waals surface area contributed by atoms with Gasteiger partial charge in [-0.2, -0.15) is 5.10 Å². The van der Waals surface area contributed by atoms with Crippen LogP contribution in [0.15, 0.2) is 73.2 Å². The first-order valence-electron chi connectivity index (χ1n) is 13.1. The average Bonchev–Trinajstić information content (AvgIpc) is 3.72. The molecule has 0 aliphatic carbocycles. The fraction of sp³-hybridized carbons (Fsp3) is 0.200. The van der Waals surface area contributed by atoms with E-state index >= 15 is 0 Å². The number of imidazole rings is 1. The van der Waals surface area contributed by atoms with Gasteiger partial charge in [0, 0.05) is 41.5 Å². The van der Waals surface area contributed by atoms with Crippen LogP contribution in [-0.2, 0) is 0 Å². The predicted molar refractivity (Wildman–Crippen MR) is 149 cm³/mol. The van der Waals surface area contributed by atoms with Gasteiger partial charge < -0.3 is 9.72 Å². The largest absolute Gasteiger partial charge is 0.492 e. The highest BCUT2D eigenvalue weighted by Gasteiger charge is 2.17. The highest BCUT2D eigenvalue weighted by atomic mass is 19.1. The Balaban J connectivity index is 1.23. The maximum absolute atomic E-state index is 14.7. The van der Waals surface area contributed by atoms with Gasteiger partial charge in [-0.25, -0.2) is 9.37 Å². The topological polar surface area (TPSA) is 95.6 Å². The molecule has 1 aliphatic heterocycles. The van der Waals surface area contributed by atoms with Crippen LogP contribution < -0.4 is 4.74 Å². The zero-order chi connectivity index (χ0) is 26.2. The van der Waals surface area contributed by atoms with Gasteiger partial charge in [-0.3, -0.25) is 20.0 Å². The van der Waals surface area contributed by atoms with Crippen LogP contribution in [0.1, 0.15) is 12.8 Å². The van der Waals surface area contributed by atoms with Gasteiger partial charge in [0.15, 0.2) is 5.82 Å². The van der Waals surface area contributed by atoms with Gasteiger partial charge in [-0.15, -0.1) is 0 Å². The van der Waals surface area contributed by atoms with Gasteiger partial charge in [0.05, 0.1) is 28.4 Å². The molecule has 6 aromatic rings. The van der Waals surface area contributed by atoms with Crippen molar-refractivity contribution in [3.05, 3.63) is 79.0 Å². The average molecular weight is 520 g/mol. The van der Waals surface area contributed by atoms with Crippen LogP contribution in [0.5, 0.6) is 5.75 Å². The molecule has 1 saturated heterocycles. The number of aromatic amines is 2. The second kappa shape index (κ2) is 9.92. The molecule has 1 aliphatic rings. The first-order chi connectivity index (χ1) is 19.2. The van der Waals surface area contributed by atoms with Crippen molar-refractivity contribution >= 4 is 21.9 Å². The number of ether oxygens (including phenoxy) is 1. The molecule has 4 aromatic heterocycles. The molecule has 2 N–H and O–H groups in total. The lowest BCUT2D eigenvalue weighted by molar-refractivity contribution is 0.237. The molecule has 0 spiro atoms. The first-order valence-corrected chi connectivity index (χ1v) is 13.1. The Morgan fingerprint density at radius 1 is 0.949 bits per heavy atom. The monoisotopic (exact) mass is 519 g/mol. The van der Waals surface area contributed by atoms with Crippen molar-refractivity contribution in [3.63, 3.8) is 0 Å². The number of fused-ring (bicyclic) bond motifs is 2. The van der Waals surface area contributed by atoms with Gasteiger partial charge in [-0.1, -0.05) is 12.1 Å². The fourth-order valence-electron chi connectivity index (χ4n) is 5.26. The van der Waals surface area contributed by atoms with Crippen LogP contribution in [-0.4, -0.2) is 61.3 Å². The van der Waals surface area contributed by atoms with Crippen molar-refractivity contribution in [2.24, 2.45) is 0 Å². The Labute approximate surface area is 223 Å². The summed E-state index contributed by atoms with van der Waals surface area (Å²) in [6.45, 7) is 3.59. The third kappa shape index (κ3) is 4.61. The number of nitrogens with one attached hydrogen (secondary N) is 2. The molecule has 7 rings (SSSR count). The minimum Gasteiger partial charge on any atom is -0.492 e. The SMILES string of the molecule is Fc1cc(OCCN2CCCC2)cc(-c2cccc3[nH]c(-c4n[nH]c5cnc(-c6ccncc6)cc45)nc23)c1. The summed E-state index contributed by atoms with van der Waals surface area (Å²) in [5.41, 5.74) is 6.39. The quantitative estimate of drug-likeness (QED) is 0.275. The molecule has 194 valence electrons. The van der Waals surface area contributed by atoms with Gasteiger partial charge in [-0.05, 0) is 67.9 Å². The molecule has 8 nitrogen and oxygen atoms in total. The minimum absolute atomic E-state index is 0.342. The molecule has 2 aromatic carbocycles. The lowest BCUT2D eigenvalue weighted by Crippen LogP contribution is -2.25. The third-order valence-electron chi connectivity index (χ3n) is 7.22. The highest BCUT2D eigenvalue weighted by molar-refractivity contribution is 5.97. The van der Waals surface area contributed by atoms with Crippen molar-refractivity contribution in [1.29, 1.82) is 0 Å². The summed E-state index contributed by atoms with van der Waals surface area (Å²) < 4.78 is 20.6. The number of nitrogens with zero attached hydrogens (tertiary/aromatic N) is 5. The predicted octanol–water partition coefficient (Wildman–Crippen LogP) is 5.84. The second-order valence-electron chi connectivity index (χ2n) is 9.78. The van der Waals surface area contributed by atoms with E-state index in [2.05, 4.69) is 30.0 Å². The van der Waals surface area contributed by atoms with Crippen molar-refractivity contribution in [2.75, 3.05) is 26.2 Å². The third-order valence-corrected chi connectivity index (χ3v) is 7.22. The van der Waals surface area contributed by atoms with E-state index < -0.39 is 0 Å². The molecule has 1 fully saturated rings. The van der Waals surface area contributed by atoms with Crippen molar-refractivity contribution in [3.8, 4) is 39.7 Å². The molecule has 9 heteroatoms. The Bertz CT molecular complexity index is 1770. The van der Waals surface area contributed by atoms with E-state index in [1.54, 1.807) is 18.6 Å².